The molecule has 0 bridgehead atoms. The lowest BCUT2D eigenvalue weighted by atomic mass is 10.2. The van der Waals surface area contributed by atoms with Gasteiger partial charge in [-0.1, -0.05) is 12.8 Å². The van der Waals surface area contributed by atoms with E-state index in [2.05, 4.69) is 5.32 Å². The SMILES string of the molecule is O=C(CS(=O)CCCOc1ccc(C(=O)O)cc1)NC1CCCC1. The molecule has 1 fully saturated rings. The van der Waals surface area contributed by atoms with E-state index in [-0.39, 0.29) is 23.3 Å². The number of ether oxygens (including phenoxy) is 1. The highest BCUT2D eigenvalue weighted by atomic mass is 32.2. The molecule has 132 valence electrons. The van der Waals surface area contributed by atoms with E-state index < -0.39 is 16.8 Å². The second-order valence-corrected chi connectivity index (χ2v) is 7.45. The maximum atomic E-state index is 11.9. The van der Waals surface area contributed by atoms with E-state index >= 15 is 0 Å². The Morgan fingerprint density at radius 2 is 1.88 bits per heavy atom. The van der Waals surface area contributed by atoms with Gasteiger partial charge in [0.2, 0.25) is 5.91 Å². The lowest BCUT2D eigenvalue weighted by Gasteiger charge is -2.11. The summed E-state index contributed by atoms with van der Waals surface area (Å²) in [6, 6.07) is 6.39. The predicted molar refractivity (Wildman–Crippen MR) is 91.8 cm³/mol. The van der Waals surface area contributed by atoms with Crippen molar-refractivity contribution in [3.05, 3.63) is 29.8 Å². The average Bonchev–Trinajstić information content (AvgIpc) is 3.04. The van der Waals surface area contributed by atoms with E-state index in [1.807, 2.05) is 0 Å². The minimum Gasteiger partial charge on any atom is -0.494 e. The van der Waals surface area contributed by atoms with Gasteiger partial charge < -0.3 is 15.2 Å². The van der Waals surface area contributed by atoms with Crippen molar-refractivity contribution in [3.63, 3.8) is 0 Å². The van der Waals surface area contributed by atoms with Crippen LogP contribution < -0.4 is 10.1 Å². The molecule has 6 nitrogen and oxygen atoms in total. The van der Waals surface area contributed by atoms with Crippen LogP contribution in [0.2, 0.25) is 0 Å². The molecule has 1 aromatic carbocycles. The van der Waals surface area contributed by atoms with Crippen molar-refractivity contribution in [2.75, 3.05) is 18.1 Å². The minimum absolute atomic E-state index is 0.0454. The smallest absolute Gasteiger partial charge is 0.335 e. The van der Waals surface area contributed by atoms with E-state index in [0.29, 0.717) is 24.5 Å². The third kappa shape index (κ3) is 6.31. The van der Waals surface area contributed by atoms with E-state index in [1.54, 1.807) is 12.1 Å². The number of amides is 1. The van der Waals surface area contributed by atoms with Crippen LogP contribution >= 0.6 is 0 Å². The quantitative estimate of drug-likeness (QED) is 0.662. The Kier molecular flexibility index (Phi) is 7.24. The predicted octanol–water partition coefficient (Wildman–Crippen LogP) is 1.96. The maximum absolute atomic E-state index is 11.9. The largest absolute Gasteiger partial charge is 0.494 e. The van der Waals surface area contributed by atoms with Crippen molar-refractivity contribution in [1.29, 1.82) is 0 Å². The molecule has 1 aromatic rings. The summed E-state index contributed by atoms with van der Waals surface area (Å²) < 4.78 is 17.4. The zero-order valence-electron chi connectivity index (χ0n) is 13.5. The van der Waals surface area contributed by atoms with Gasteiger partial charge in [0.05, 0.1) is 12.2 Å². The normalized spacial score (nSPS) is 15.8. The Labute approximate surface area is 144 Å². The van der Waals surface area contributed by atoms with Gasteiger partial charge in [-0.2, -0.15) is 0 Å². The van der Waals surface area contributed by atoms with Crippen LogP contribution in [0.3, 0.4) is 0 Å². The third-order valence-electron chi connectivity index (χ3n) is 3.90. The number of hydrogen-bond acceptors (Lipinski definition) is 4. The number of rotatable bonds is 9. The van der Waals surface area contributed by atoms with Crippen LogP contribution in [0.1, 0.15) is 42.5 Å². The molecule has 1 atom stereocenters. The Hall–Kier alpha value is -1.89. The summed E-state index contributed by atoms with van der Waals surface area (Å²) in [6.07, 6.45) is 4.92. The first-order valence-electron chi connectivity index (χ1n) is 8.15. The molecule has 1 amide bonds. The Balaban J connectivity index is 1.60. The fourth-order valence-electron chi connectivity index (χ4n) is 2.66. The van der Waals surface area contributed by atoms with Gasteiger partial charge in [-0.25, -0.2) is 4.79 Å². The summed E-state index contributed by atoms with van der Waals surface area (Å²) >= 11 is 0. The van der Waals surface area contributed by atoms with Crippen LogP contribution in [0, 0.1) is 0 Å². The molecular weight excluding hydrogens is 330 g/mol. The Bertz CT molecular complexity index is 581. The fraction of sp³-hybridized carbons (Fsp3) is 0.529. The summed E-state index contributed by atoms with van der Waals surface area (Å²) in [5, 5.41) is 11.7. The molecule has 0 aliphatic heterocycles. The first-order valence-corrected chi connectivity index (χ1v) is 9.64. The van der Waals surface area contributed by atoms with Crippen LogP contribution in [0.5, 0.6) is 5.75 Å². The number of benzene rings is 1. The first-order chi connectivity index (χ1) is 11.5. The van der Waals surface area contributed by atoms with Crippen molar-refractivity contribution in [2.24, 2.45) is 0 Å². The molecule has 0 radical (unpaired) electrons. The number of nitrogens with one attached hydrogen (secondary N) is 1. The van der Waals surface area contributed by atoms with Crippen molar-refractivity contribution < 1.29 is 23.6 Å². The summed E-state index contributed by atoms with van der Waals surface area (Å²) in [5.74, 6) is -0.0854. The highest BCUT2D eigenvalue weighted by Gasteiger charge is 2.18. The second-order valence-electron chi connectivity index (χ2n) is 5.87. The van der Waals surface area contributed by atoms with Crippen molar-refractivity contribution in [2.45, 2.75) is 38.1 Å². The van der Waals surface area contributed by atoms with Gasteiger partial charge in [0.1, 0.15) is 11.5 Å². The maximum Gasteiger partial charge on any atom is 0.335 e. The summed E-state index contributed by atoms with van der Waals surface area (Å²) in [5.41, 5.74) is 0.205. The molecule has 0 heterocycles. The number of carbonyl (C=O) groups excluding carboxylic acids is 1. The molecule has 1 aliphatic rings. The molecule has 24 heavy (non-hydrogen) atoms. The average molecular weight is 353 g/mol. The van der Waals surface area contributed by atoms with Crippen molar-refractivity contribution in [3.8, 4) is 5.75 Å². The highest BCUT2D eigenvalue weighted by Crippen LogP contribution is 2.17. The topological polar surface area (TPSA) is 92.7 Å². The summed E-state index contributed by atoms with van der Waals surface area (Å²) in [7, 11) is -1.19. The van der Waals surface area contributed by atoms with E-state index in [9.17, 15) is 13.8 Å². The molecule has 1 saturated carbocycles. The third-order valence-corrected chi connectivity index (χ3v) is 5.23. The van der Waals surface area contributed by atoms with Crippen LogP contribution in [0.15, 0.2) is 24.3 Å². The van der Waals surface area contributed by atoms with Gasteiger partial charge in [-0.15, -0.1) is 0 Å². The van der Waals surface area contributed by atoms with Gasteiger partial charge in [0.25, 0.3) is 0 Å². The van der Waals surface area contributed by atoms with E-state index in [4.69, 9.17) is 9.84 Å². The molecule has 0 saturated heterocycles. The number of hydrogen-bond donors (Lipinski definition) is 2. The van der Waals surface area contributed by atoms with Crippen LogP contribution in [0.4, 0.5) is 0 Å². The number of aromatic carboxylic acids is 1. The molecule has 1 unspecified atom stereocenters. The molecule has 2 N–H and O–H groups in total. The van der Waals surface area contributed by atoms with E-state index in [1.165, 1.54) is 12.1 Å². The Morgan fingerprint density at radius 1 is 1.21 bits per heavy atom. The standard InChI is InChI=1S/C17H23NO5S/c19-16(18-14-4-1-2-5-14)12-24(22)11-3-10-23-15-8-6-13(7-9-15)17(20)21/h6-9,14H,1-5,10-12H2,(H,18,19)(H,20,21). The monoisotopic (exact) mass is 353 g/mol. The molecule has 2 rings (SSSR count). The molecule has 7 heteroatoms. The number of carboxylic acids is 1. The zero-order chi connectivity index (χ0) is 17.4. The summed E-state index contributed by atoms with van der Waals surface area (Å²) in [6.45, 7) is 0.377. The van der Waals surface area contributed by atoms with Gasteiger partial charge in [0, 0.05) is 22.6 Å². The van der Waals surface area contributed by atoms with Crippen molar-refractivity contribution in [1.82, 2.24) is 5.32 Å². The molecule has 1 aliphatic carbocycles. The van der Waals surface area contributed by atoms with Crippen LogP contribution in [-0.4, -0.2) is 45.3 Å². The van der Waals surface area contributed by atoms with Crippen LogP contribution in [-0.2, 0) is 15.6 Å². The zero-order valence-corrected chi connectivity index (χ0v) is 14.3. The van der Waals surface area contributed by atoms with Crippen molar-refractivity contribution >= 4 is 22.7 Å². The fourth-order valence-corrected chi connectivity index (χ4v) is 3.62. The van der Waals surface area contributed by atoms with Gasteiger partial charge in [-0.3, -0.25) is 9.00 Å². The highest BCUT2D eigenvalue weighted by molar-refractivity contribution is 7.85. The first kappa shape index (κ1) is 18.4. The van der Waals surface area contributed by atoms with Gasteiger partial charge in [-0.05, 0) is 43.5 Å². The van der Waals surface area contributed by atoms with Gasteiger partial charge in [0.15, 0.2) is 0 Å². The minimum atomic E-state index is -1.19. The molecule has 0 spiro atoms. The van der Waals surface area contributed by atoms with E-state index in [0.717, 1.165) is 25.7 Å². The summed E-state index contributed by atoms with van der Waals surface area (Å²) in [4.78, 5) is 22.5. The molecule has 0 aromatic heterocycles. The molecular formula is C17H23NO5S. The lowest BCUT2D eigenvalue weighted by Crippen LogP contribution is -2.36. The number of carbonyl (C=O) groups is 2. The van der Waals surface area contributed by atoms with Crippen LogP contribution in [0.25, 0.3) is 0 Å². The van der Waals surface area contributed by atoms with Gasteiger partial charge >= 0.3 is 5.97 Å². The number of carboxylic acid groups (broad SMARTS) is 1. The second kappa shape index (κ2) is 9.42. The lowest BCUT2D eigenvalue weighted by molar-refractivity contribution is -0.119. The Morgan fingerprint density at radius 3 is 2.50 bits per heavy atom.